The first-order chi connectivity index (χ1) is 11.7. The monoisotopic (exact) mass is 520 g/mol. The van der Waals surface area contributed by atoms with Crippen LogP contribution in [0.5, 0.6) is 0 Å². The summed E-state index contributed by atoms with van der Waals surface area (Å²) in [6, 6.07) is -0.193. The molecule has 27 heavy (non-hydrogen) atoms. The maximum Gasteiger partial charge on any atom is 0.407 e. The molecule has 0 saturated heterocycles. The van der Waals surface area contributed by atoms with Crippen molar-refractivity contribution in [3.63, 3.8) is 0 Å². The van der Waals surface area contributed by atoms with E-state index in [0.717, 1.165) is 0 Å². The highest BCUT2D eigenvalue weighted by Gasteiger charge is 2.21. The quantitative estimate of drug-likeness (QED) is 0.257. The van der Waals surface area contributed by atoms with Crippen molar-refractivity contribution < 1.29 is 17.9 Å². The van der Waals surface area contributed by atoms with Gasteiger partial charge in [0.25, 0.3) is 0 Å². The summed E-state index contributed by atoms with van der Waals surface area (Å²) in [4.78, 5) is 16.1. The topological polar surface area (TPSA) is 109 Å². The molecule has 0 aliphatic carbocycles. The van der Waals surface area contributed by atoms with Crippen LogP contribution in [0.2, 0.25) is 0 Å². The fourth-order valence-corrected chi connectivity index (χ4v) is 2.79. The smallest absolute Gasteiger partial charge is 0.407 e. The number of halogens is 1. The highest BCUT2D eigenvalue weighted by Crippen LogP contribution is 2.08. The maximum atomic E-state index is 12.0. The first kappa shape index (κ1) is 28.4. The summed E-state index contributed by atoms with van der Waals surface area (Å²) in [7, 11) is -1.35. The number of hydrogen-bond acceptors (Lipinski definition) is 5. The molecule has 10 heteroatoms. The number of nitrogens with one attached hydrogen (secondary N) is 3. The van der Waals surface area contributed by atoms with Crippen LogP contribution >= 0.6 is 24.0 Å². The Morgan fingerprint density at radius 1 is 1.15 bits per heavy atom. The summed E-state index contributed by atoms with van der Waals surface area (Å²) in [6.45, 7) is 11.8. The summed E-state index contributed by atoms with van der Waals surface area (Å²) in [5.41, 5.74) is -0.550. The Bertz CT molecular complexity index is 574. The molecule has 0 spiro atoms. The predicted octanol–water partition coefficient (Wildman–Crippen LogP) is 2.14. The lowest BCUT2D eigenvalue weighted by molar-refractivity contribution is 0.0491. The molecule has 0 aromatic rings. The van der Waals surface area contributed by atoms with Crippen LogP contribution < -0.4 is 16.0 Å². The number of carbonyl (C=O) groups is 1. The van der Waals surface area contributed by atoms with Crippen molar-refractivity contribution in [2.24, 2.45) is 10.9 Å². The standard InChI is InChI=1S/C17H36N4O4S.HI/c1-12(2)14(21-16(22)25-17(4,5)6)11-19-15(18-7)20-13(3)9-10-26(8,23)24;/h12-14H,9-11H2,1-8H3,(H,21,22)(H2,18,19,20);1H. The van der Waals surface area contributed by atoms with Crippen molar-refractivity contribution in [2.45, 2.75) is 65.6 Å². The van der Waals surface area contributed by atoms with E-state index in [2.05, 4.69) is 20.9 Å². The minimum atomic E-state index is -2.99. The van der Waals surface area contributed by atoms with E-state index in [9.17, 15) is 13.2 Å². The molecule has 0 aromatic heterocycles. The average Bonchev–Trinajstić information content (AvgIpc) is 2.45. The number of amides is 1. The van der Waals surface area contributed by atoms with E-state index in [0.29, 0.717) is 18.9 Å². The van der Waals surface area contributed by atoms with Gasteiger partial charge in [0.2, 0.25) is 0 Å². The van der Waals surface area contributed by atoms with Crippen LogP contribution in [0, 0.1) is 5.92 Å². The van der Waals surface area contributed by atoms with Crippen LogP contribution in [-0.4, -0.2) is 63.8 Å². The van der Waals surface area contributed by atoms with E-state index in [4.69, 9.17) is 4.74 Å². The highest BCUT2D eigenvalue weighted by molar-refractivity contribution is 14.0. The molecule has 0 aliphatic heterocycles. The lowest BCUT2D eigenvalue weighted by atomic mass is 10.0. The van der Waals surface area contributed by atoms with Crippen LogP contribution in [0.4, 0.5) is 4.79 Å². The van der Waals surface area contributed by atoms with Crippen molar-refractivity contribution in [3.05, 3.63) is 0 Å². The second kappa shape index (κ2) is 12.6. The zero-order valence-corrected chi connectivity index (χ0v) is 20.9. The lowest BCUT2D eigenvalue weighted by Crippen LogP contribution is -2.51. The number of rotatable bonds is 8. The number of alkyl carbamates (subject to hydrolysis) is 1. The van der Waals surface area contributed by atoms with E-state index in [1.54, 1.807) is 7.05 Å². The molecule has 0 rings (SSSR count). The van der Waals surface area contributed by atoms with Crippen molar-refractivity contribution in [2.75, 3.05) is 25.6 Å². The number of aliphatic imine (C=N–C) groups is 1. The molecule has 0 fully saturated rings. The molecule has 0 saturated carbocycles. The predicted molar refractivity (Wildman–Crippen MR) is 122 cm³/mol. The van der Waals surface area contributed by atoms with E-state index in [1.165, 1.54) is 6.26 Å². The van der Waals surface area contributed by atoms with E-state index < -0.39 is 21.5 Å². The van der Waals surface area contributed by atoms with Gasteiger partial charge in [-0.15, -0.1) is 24.0 Å². The van der Waals surface area contributed by atoms with Crippen molar-refractivity contribution in [3.8, 4) is 0 Å². The second-order valence-corrected chi connectivity index (χ2v) is 10.2. The van der Waals surface area contributed by atoms with Crippen LogP contribution in [0.25, 0.3) is 0 Å². The molecule has 2 unspecified atom stereocenters. The average molecular weight is 520 g/mol. The Balaban J connectivity index is 0. The SMILES string of the molecule is CN=C(NCC(NC(=O)OC(C)(C)C)C(C)C)NC(C)CCS(C)(=O)=O.I. The minimum absolute atomic E-state index is 0. The van der Waals surface area contributed by atoms with Crippen molar-refractivity contribution in [1.82, 2.24) is 16.0 Å². The van der Waals surface area contributed by atoms with Gasteiger partial charge in [0, 0.05) is 25.9 Å². The van der Waals surface area contributed by atoms with Gasteiger partial charge in [-0.25, -0.2) is 13.2 Å². The Morgan fingerprint density at radius 3 is 2.11 bits per heavy atom. The first-order valence-electron chi connectivity index (χ1n) is 8.88. The summed E-state index contributed by atoms with van der Waals surface area (Å²) >= 11 is 0. The van der Waals surface area contributed by atoms with Gasteiger partial charge in [-0.05, 0) is 40.0 Å². The summed E-state index contributed by atoms with van der Waals surface area (Å²) < 4.78 is 27.8. The van der Waals surface area contributed by atoms with Crippen LogP contribution in [0.1, 0.15) is 48.0 Å². The molecule has 0 radical (unpaired) electrons. The third-order valence-corrected chi connectivity index (χ3v) is 4.50. The van der Waals surface area contributed by atoms with Crippen molar-refractivity contribution in [1.29, 1.82) is 0 Å². The molecule has 1 amide bonds. The Hall–Kier alpha value is -0.780. The zero-order valence-electron chi connectivity index (χ0n) is 17.8. The number of hydrogen-bond donors (Lipinski definition) is 3. The maximum absolute atomic E-state index is 12.0. The van der Waals surface area contributed by atoms with Gasteiger partial charge in [0.05, 0.1) is 11.8 Å². The minimum Gasteiger partial charge on any atom is -0.444 e. The molecule has 0 aliphatic rings. The Labute approximate surface area is 181 Å². The molecule has 0 heterocycles. The molecule has 8 nitrogen and oxygen atoms in total. The van der Waals surface area contributed by atoms with Crippen molar-refractivity contribution >= 4 is 45.9 Å². The summed E-state index contributed by atoms with van der Waals surface area (Å²) in [5, 5.41) is 9.19. The van der Waals surface area contributed by atoms with E-state index in [-0.39, 0.29) is 47.7 Å². The third kappa shape index (κ3) is 15.9. The molecule has 0 aromatic carbocycles. The van der Waals surface area contributed by atoms with Gasteiger partial charge in [-0.3, -0.25) is 4.99 Å². The Morgan fingerprint density at radius 2 is 1.70 bits per heavy atom. The second-order valence-electron chi connectivity index (χ2n) is 7.91. The molecular weight excluding hydrogens is 483 g/mol. The largest absolute Gasteiger partial charge is 0.444 e. The van der Waals surface area contributed by atoms with Crippen LogP contribution in [0.15, 0.2) is 4.99 Å². The normalized spacial score (nSPS) is 14.8. The molecule has 2 atom stereocenters. The first-order valence-corrected chi connectivity index (χ1v) is 10.9. The van der Waals surface area contributed by atoms with Gasteiger partial charge >= 0.3 is 6.09 Å². The van der Waals surface area contributed by atoms with E-state index in [1.807, 2.05) is 41.5 Å². The summed E-state index contributed by atoms with van der Waals surface area (Å²) in [6.07, 6.45) is 1.26. The van der Waals surface area contributed by atoms with Gasteiger partial charge in [-0.2, -0.15) is 0 Å². The van der Waals surface area contributed by atoms with Gasteiger partial charge < -0.3 is 20.7 Å². The lowest BCUT2D eigenvalue weighted by Gasteiger charge is -2.27. The van der Waals surface area contributed by atoms with Crippen LogP contribution in [0.3, 0.4) is 0 Å². The highest BCUT2D eigenvalue weighted by atomic mass is 127. The Kier molecular flexibility index (Phi) is 13.3. The number of sulfone groups is 1. The zero-order chi connectivity index (χ0) is 20.5. The molecular formula is C17H37IN4O4S. The van der Waals surface area contributed by atoms with Gasteiger partial charge in [0.15, 0.2) is 5.96 Å². The number of carbonyl (C=O) groups excluding carboxylic acids is 1. The molecule has 0 bridgehead atoms. The number of guanidine groups is 1. The third-order valence-electron chi connectivity index (χ3n) is 3.52. The summed E-state index contributed by atoms with van der Waals surface area (Å²) in [5.74, 6) is 0.867. The fraction of sp³-hybridized carbons (Fsp3) is 0.882. The fourth-order valence-electron chi connectivity index (χ4n) is 2.01. The number of ether oxygens (including phenoxy) is 1. The van der Waals surface area contributed by atoms with Crippen LogP contribution in [-0.2, 0) is 14.6 Å². The molecule has 162 valence electrons. The van der Waals surface area contributed by atoms with E-state index >= 15 is 0 Å². The van der Waals surface area contributed by atoms with Gasteiger partial charge in [-0.1, -0.05) is 13.8 Å². The van der Waals surface area contributed by atoms with Gasteiger partial charge in [0.1, 0.15) is 15.4 Å². The molecule has 3 N–H and O–H groups in total. The number of nitrogens with zero attached hydrogens (tertiary/aromatic N) is 1.